The smallest absolute Gasteiger partial charge is 0.222 e. The van der Waals surface area contributed by atoms with Crippen LogP contribution in [0.2, 0.25) is 0 Å². The lowest BCUT2D eigenvalue weighted by molar-refractivity contribution is -0.253. The average Bonchev–Trinajstić information content (AvgIpc) is 2.28. The van der Waals surface area contributed by atoms with Crippen LogP contribution < -0.4 is 0 Å². The van der Waals surface area contributed by atoms with Gasteiger partial charge in [-0.1, -0.05) is 30.3 Å². The van der Waals surface area contributed by atoms with Gasteiger partial charge in [-0.05, 0) is 5.56 Å². The van der Waals surface area contributed by atoms with E-state index in [2.05, 4.69) is 0 Å². The van der Waals surface area contributed by atoms with Gasteiger partial charge in [-0.25, -0.2) is 20.4 Å². The van der Waals surface area contributed by atoms with Crippen LogP contribution in [0.15, 0.2) is 30.3 Å². The van der Waals surface area contributed by atoms with E-state index in [0.717, 1.165) is 36.4 Å². The van der Waals surface area contributed by atoms with E-state index in [1.54, 1.807) is 0 Å². The fraction of sp³-hybridized carbons (Fsp3) is 0.273. The summed E-state index contributed by atoms with van der Waals surface area (Å²) in [5.41, 5.74) is -0.794. The van der Waals surface area contributed by atoms with E-state index in [9.17, 15) is 26.3 Å². The Morgan fingerprint density at radius 3 is 1.33 bits per heavy atom. The zero-order chi connectivity index (χ0) is 17.1. The highest BCUT2D eigenvalue weighted by Crippen LogP contribution is 2.45. The number of rotatable bonds is 1. The maximum atomic E-state index is 12.2. The summed E-state index contributed by atoms with van der Waals surface area (Å²) >= 11 is 0. The van der Waals surface area contributed by atoms with Crippen LogP contribution in [0.3, 0.4) is 0 Å². The predicted molar refractivity (Wildman–Crippen MR) is 58.1 cm³/mol. The highest BCUT2D eigenvalue weighted by molar-refractivity contribution is 5.26. The first-order chi connectivity index (χ1) is 9.56. The molecule has 4 nitrogen and oxygen atoms in total. The monoisotopic (exact) mass is 314 g/mol. The molecule has 0 radical (unpaired) electrons. The Hall–Kier alpha value is -2.44. The Balaban J connectivity index is 0. The number of alkyl halides is 6. The zero-order valence-corrected chi connectivity index (χ0v) is 10.0. The third kappa shape index (κ3) is 9.15. The highest BCUT2D eigenvalue weighted by atomic mass is 19.4. The Morgan fingerprint density at radius 2 is 1.10 bits per heavy atom. The molecule has 0 saturated carbocycles. The molecule has 0 saturated heterocycles. The van der Waals surface area contributed by atoms with E-state index < -0.39 is 23.8 Å². The Morgan fingerprint density at radius 1 is 0.810 bits per heavy atom. The molecule has 0 heterocycles. The van der Waals surface area contributed by atoms with Gasteiger partial charge in [-0.2, -0.15) is 26.3 Å². The first kappa shape index (κ1) is 20.9. The molecule has 1 aromatic rings. The van der Waals surface area contributed by atoms with Gasteiger partial charge in [0, 0.05) is 0 Å². The number of benzene rings is 1. The number of carbonyl (C=O) groups excluding carboxylic acids is 2. The van der Waals surface area contributed by atoms with E-state index in [0.29, 0.717) is 0 Å². The Kier molecular flexibility index (Phi) is 9.40. The molecule has 0 spiro atoms. The summed E-state index contributed by atoms with van der Waals surface area (Å²) in [6.07, 6.45) is -9.14. The summed E-state index contributed by atoms with van der Waals surface area (Å²) < 4.78 is 73.1. The van der Waals surface area contributed by atoms with E-state index in [-0.39, 0.29) is 0 Å². The van der Waals surface area contributed by atoms with Gasteiger partial charge >= 0.3 is 12.4 Å². The maximum Gasteiger partial charge on any atom is 0.404 e. The van der Waals surface area contributed by atoms with E-state index in [4.69, 9.17) is 20.4 Å². The SMILES string of the molecule is FC(F)(F)C(c1ccccc1)C(F)(F)F.N=C=O.N=C=O. The van der Waals surface area contributed by atoms with Gasteiger partial charge in [-0.15, -0.1) is 0 Å². The molecule has 116 valence electrons. The van der Waals surface area contributed by atoms with Gasteiger partial charge in [0.2, 0.25) is 12.2 Å². The van der Waals surface area contributed by atoms with Gasteiger partial charge in [0.25, 0.3) is 0 Å². The van der Waals surface area contributed by atoms with Crippen molar-refractivity contribution >= 4 is 12.2 Å². The first-order valence-electron chi connectivity index (χ1n) is 4.82. The third-order valence-corrected chi connectivity index (χ3v) is 1.79. The second-order valence-corrected chi connectivity index (χ2v) is 3.13. The molecule has 0 aliphatic heterocycles. The molecule has 0 fully saturated rings. The van der Waals surface area contributed by atoms with Crippen molar-refractivity contribution in [3.8, 4) is 0 Å². The average molecular weight is 314 g/mol. The third-order valence-electron chi connectivity index (χ3n) is 1.79. The summed E-state index contributed by atoms with van der Waals surface area (Å²) in [5.74, 6) is -3.41. The normalized spacial score (nSPS) is 10.2. The first-order valence-corrected chi connectivity index (χ1v) is 4.82. The van der Waals surface area contributed by atoms with Gasteiger partial charge in [0.1, 0.15) is 0 Å². The number of isocyanates is 2. The number of hydrogen-bond acceptors (Lipinski definition) is 4. The lowest BCUT2D eigenvalue weighted by Gasteiger charge is -2.23. The van der Waals surface area contributed by atoms with Crippen LogP contribution in [0, 0.1) is 10.8 Å². The molecule has 0 atom stereocenters. The summed E-state index contributed by atoms with van der Waals surface area (Å²) in [5, 5.41) is 10.8. The van der Waals surface area contributed by atoms with Crippen molar-refractivity contribution < 1.29 is 35.9 Å². The van der Waals surface area contributed by atoms with E-state index in [1.165, 1.54) is 6.07 Å². The Labute approximate surface area is 114 Å². The fourth-order valence-corrected chi connectivity index (χ4v) is 1.21. The minimum Gasteiger partial charge on any atom is -0.222 e. The van der Waals surface area contributed by atoms with Gasteiger partial charge in [0.05, 0.1) is 0 Å². The molecule has 1 rings (SSSR count). The van der Waals surface area contributed by atoms with Gasteiger partial charge in [0.15, 0.2) is 5.92 Å². The van der Waals surface area contributed by atoms with Crippen LogP contribution in [0.25, 0.3) is 0 Å². The number of hydrogen-bond donors (Lipinski definition) is 2. The van der Waals surface area contributed by atoms with Crippen molar-refractivity contribution in [3.63, 3.8) is 0 Å². The largest absolute Gasteiger partial charge is 0.404 e. The van der Waals surface area contributed by atoms with Crippen LogP contribution in [0.5, 0.6) is 0 Å². The molecule has 0 unspecified atom stereocenters. The summed E-state index contributed by atoms with van der Waals surface area (Å²) in [6.45, 7) is 0. The van der Waals surface area contributed by atoms with Crippen molar-refractivity contribution in [1.82, 2.24) is 0 Å². The second-order valence-electron chi connectivity index (χ2n) is 3.13. The minimum atomic E-state index is -5.32. The fourth-order valence-electron chi connectivity index (χ4n) is 1.21. The van der Waals surface area contributed by atoms with Crippen molar-refractivity contribution in [1.29, 1.82) is 10.8 Å². The van der Waals surface area contributed by atoms with Crippen molar-refractivity contribution in [2.45, 2.75) is 18.3 Å². The molecule has 0 amide bonds. The molecule has 1 aromatic carbocycles. The molecule has 0 bridgehead atoms. The molecular formula is C11H8F6N2O2. The van der Waals surface area contributed by atoms with Crippen LogP contribution >= 0.6 is 0 Å². The lowest BCUT2D eigenvalue weighted by atomic mass is 9.98. The molecule has 0 aromatic heterocycles. The molecule has 21 heavy (non-hydrogen) atoms. The Bertz CT molecular complexity index is 446. The second kappa shape index (κ2) is 9.46. The van der Waals surface area contributed by atoms with Crippen LogP contribution in [0.4, 0.5) is 26.3 Å². The van der Waals surface area contributed by atoms with E-state index in [1.807, 2.05) is 0 Å². The zero-order valence-electron chi connectivity index (χ0n) is 10.0. The molecule has 10 heteroatoms. The molecule has 0 aliphatic rings. The van der Waals surface area contributed by atoms with Crippen LogP contribution in [-0.4, -0.2) is 24.5 Å². The van der Waals surface area contributed by atoms with E-state index >= 15 is 0 Å². The maximum absolute atomic E-state index is 12.2. The summed E-state index contributed by atoms with van der Waals surface area (Å²) in [7, 11) is 0. The number of halogens is 6. The van der Waals surface area contributed by atoms with Crippen LogP contribution in [-0.2, 0) is 9.59 Å². The molecular weight excluding hydrogens is 306 g/mol. The van der Waals surface area contributed by atoms with Gasteiger partial charge < -0.3 is 0 Å². The van der Waals surface area contributed by atoms with Crippen molar-refractivity contribution in [3.05, 3.63) is 35.9 Å². The van der Waals surface area contributed by atoms with Crippen molar-refractivity contribution in [2.24, 2.45) is 0 Å². The molecule has 2 N–H and O–H groups in total. The van der Waals surface area contributed by atoms with Crippen LogP contribution in [0.1, 0.15) is 11.5 Å². The van der Waals surface area contributed by atoms with Gasteiger partial charge in [-0.3, -0.25) is 0 Å². The highest BCUT2D eigenvalue weighted by Gasteiger charge is 2.57. The summed E-state index contributed by atoms with van der Waals surface area (Å²) in [6, 6.07) is 5.25. The summed E-state index contributed by atoms with van der Waals surface area (Å²) in [4.78, 5) is 16.7. The molecule has 0 aliphatic carbocycles. The lowest BCUT2D eigenvalue weighted by Crippen LogP contribution is -2.34. The minimum absolute atomic E-state index is 0.750. The van der Waals surface area contributed by atoms with Crippen molar-refractivity contribution in [2.75, 3.05) is 0 Å². The predicted octanol–water partition coefficient (Wildman–Crippen LogP) is 3.70. The standard InChI is InChI=1S/C9H6F6.2CHNO/c10-8(11,12)7(9(13,14)15)6-4-2-1-3-5-6;2*2-1-3/h1-5,7H;2*2H. The quantitative estimate of drug-likeness (QED) is 0.471. The number of nitrogens with one attached hydrogen (secondary N) is 2. The topological polar surface area (TPSA) is 81.8 Å².